The van der Waals surface area contributed by atoms with Crippen molar-refractivity contribution >= 4 is 35.8 Å². The van der Waals surface area contributed by atoms with Gasteiger partial charge < -0.3 is 39.6 Å². The summed E-state index contributed by atoms with van der Waals surface area (Å²) in [5.41, 5.74) is 4.22. The summed E-state index contributed by atoms with van der Waals surface area (Å²) in [5.74, 6) is -0.796. The second-order valence-electron chi connectivity index (χ2n) is 13.3. The minimum absolute atomic E-state index is 0.0452. The van der Waals surface area contributed by atoms with Crippen LogP contribution in [0.4, 0.5) is 9.59 Å². The van der Waals surface area contributed by atoms with Gasteiger partial charge in [-0.15, -0.1) is 11.8 Å². The van der Waals surface area contributed by atoms with E-state index in [0.29, 0.717) is 29.9 Å². The molecule has 3 atom stereocenters. The first-order chi connectivity index (χ1) is 24.4. The molecular weight excluding hydrogens is 674 g/mol. The summed E-state index contributed by atoms with van der Waals surface area (Å²) >= 11 is 1.30. The van der Waals surface area contributed by atoms with Gasteiger partial charge in [-0.3, -0.25) is 4.79 Å². The normalized spacial score (nSPS) is 17.2. The van der Waals surface area contributed by atoms with E-state index in [1.165, 1.54) is 30.9 Å². The van der Waals surface area contributed by atoms with Crippen LogP contribution >= 0.6 is 11.8 Å². The number of benzene rings is 3. The predicted octanol–water partition coefficient (Wildman–Crippen LogP) is 6.33. The number of carboxylic acid groups (broad SMARTS) is 1. The van der Waals surface area contributed by atoms with E-state index in [9.17, 15) is 24.3 Å². The van der Waals surface area contributed by atoms with Crippen LogP contribution in [0, 0.1) is 0 Å². The number of nitrogens with one attached hydrogen (secondary N) is 2. The lowest BCUT2D eigenvalue weighted by Crippen LogP contribution is -2.53. The Morgan fingerprint density at radius 1 is 0.902 bits per heavy atom. The fraction of sp³-hybridized carbons (Fsp3) is 0.421. The Balaban J connectivity index is 1.34. The summed E-state index contributed by atoms with van der Waals surface area (Å²) < 4.78 is 22.0. The number of unbranched alkanes of at least 4 members (excludes halogenated alkanes) is 1. The summed E-state index contributed by atoms with van der Waals surface area (Å²) in [7, 11) is 3.02. The summed E-state index contributed by atoms with van der Waals surface area (Å²) in [6, 6.07) is 18.8. The van der Waals surface area contributed by atoms with Gasteiger partial charge in [0.25, 0.3) is 0 Å². The van der Waals surface area contributed by atoms with Crippen molar-refractivity contribution in [3.63, 3.8) is 0 Å². The van der Waals surface area contributed by atoms with Crippen molar-refractivity contribution in [3.05, 3.63) is 83.4 Å². The first-order valence-electron chi connectivity index (χ1n) is 16.9. The Morgan fingerprint density at radius 3 is 2.18 bits per heavy atom. The number of hydrogen-bond acceptors (Lipinski definition) is 9. The molecule has 3 amide bonds. The number of hydrogen-bond donors (Lipinski definition) is 3. The van der Waals surface area contributed by atoms with Gasteiger partial charge in [-0.1, -0.05) is 48.5 Å². The number of carbonyl (C=O) groups excluding carboxylic acids is 3. The molecule has 272 valence electrons. The monoisotopic (exact) mass is 719 g/mol. The zero-order chi connectivity index (χ0) is 36.7. The topological polar surface area (TPSA) is 153 Å². The zero-order valence-electron chi connectivity index (χ0n) is 29.5. The number of nitrogens with zero attached hydrogens (tertiary/aromatic N) is 1. The fourth-order valence-electron chi connectivity index (χ4n) is 6.43. The van der Waals surface area contributed by atoms with Crippen LogP contribution in [0.5, 0.6) is 11.5 Å². The van der Waals surface area contributed by atoms with Gasteiger partial charge in [-0.25, -0.2) is 14.4 Å². The van der Waals surface area contributed by atoms with Crippen LogP contribution in [-0.4, -0.2) is 84.9 Å². The van der Waals surface area contributed by atoms with Crippen LogP contribution in [0.15, 0.2) is 66.7 Å². The van der Waals surface area contributed by atoms with E-state index in [4.69, 9.17) is 18.9 Å². The third-order valence-electron chi connectivity index (χ3n) is 8.77. The Labute approximate surface area is 302 Å². The number of amides is 3. The number of rotatable bonds is 13. The van der Waals surface area contributed by atoms with E-state index in [-0.39, 0.29) is 31.2 Å². The SMILES string of the molecule is COc1ccc(C2SC[C@@H](C(=O)O)N2C(=O)[C@H](CCCCNC(=O)OC(C)(C)C)NC(=O)OCC2c3ccccc3-c3ccccc32)c(OC)c1. The van der Waals surface area contributed by atoms with Crippen molar-refractivity contribution in [2.45, 2.75) is 69.0 Å². The molecular formula is C38H45N3O9S. The van der Waals surface area contributed by atoms with Crippen LogP contribution in [-0.2, 0) is 19.1 Å². The van der Waals surface area contributed by atoms with Gasteiger partial charge in [0.1, 0.15) is 41.2 Å². The average molecular weight is 720 g/mol. The Hall–Kier alpha value is -4.91. The van der Waals surface area contributed by atoms with Crippen molar-refractivity contribution in [2.24, 2.45) is 0 Å². The van der Waals surface area contributed by atoms with Gasteiger partial charge in [-0.2, -0.15) is 0 Å². The van der Waals surface area contributed by atoms with Crippen LogP contribution in [0.3, 0.4) is 0 Å². The van der Waals surface area contributed by atoms with Gasteiger partial charge in [-0.05, 0) is 74.4 Å². The highest BCUT2D eigenvalue weighted by Crippen LogP contribution is 2.46. The molecule has 2 aliphatic rings. The van der Waals surface area contributed by atoms with E-state index in [0.717, 1.165) is 22.3 Å². The molecule has 13 heteroatoms. The smallest absolute Gasteiger partial charge is 0.407 e. The molecule has 1 unspecified atom stereocenters. The summed E-state index contributed by atoms with van der Waals surface area (Å²) in [5, 5.41) is 14.9. The lowest BCUT2D eigenvalue weighted by atomic mass is 9.98. The summed E-state index contributed by atoms with van der Waals surface area (Å²) in [6.45, 7) is 5.64. The molecule has 3 aromatic carbocycles. The molecule has 1 aliphatic carbocycles. The Bertz CT molecular complexity index is 1700. The predicted molar refractivity (Wildman–Crippen MR) is 193 cm³/mol. The molecule has 1 aliphatic heterocycles. The number of thioether (sulfide) groups is 1. The van der Waals surface area contributed by atoms with E-state index >= 15 is 0 Å². The summed E-state index contributed by atoms with van der Waals surface area (Å²) in [4.78, 5) is 53.8. The molecule has 0 bridgehead atoms. The molecule has 1 saturated heterocycles. The second-order valence-corrected chi connectivity index (χ2v) is 14.5. The molecule has 12 nitrogen and oxygen atoms in total. The van der Waals surface area contributed by atoms with Gasteiger partial charge in [0.15, 0.2) is 0 Å². The third-order valence-corrected chi connectivity index (χ3v) is 10.1. The maximum atomic E-state index is 14.4. The molecule has 3 aromatic rings. The maximum Gasteiger partial charge on any atom is 0.407 e. The fourth-order valence-corrected chi connectivity index (χ4v) is 7.88. The number of carbonyl (C=O) groups is 4. The standard InChI is InChI=1S/C38H45N3O9S/c1-38(2,3)50-36(45)39-19-11-10-16-30(40-37(46)49-21-29-26-14-8-6-12-24(26)25-13-7-9-15-27(25)29)33(42)41-31(35(43)44)22-51-34(41)28-18-17-23(47-4)20-32(28)48-5/h6-9,12-15,17-18,20,29-31,34H,10-11,16,19,21-22H2,1-5H3,(H,39,45)(H,40,46)(H,43,44)/t30-,31-,34?/m0/s1. The molecule has 3 N–H and O–H groups in total. The maximum absolute atomic E-state index is 14.4. The minimum atomic E-state index is -1.16. The van der Waals surface area contributed by atoms with E-state index in [1.807, 2.05) is 48.5 Å². The average Bonchev–Trinajstić information content (AvgIpc) is 3.69. The number of fused-ring (bicyclic) bond motifs is 3. The van der Waals surface area contributed by atoms with Gasteiger partial charge in [0.2, 0.25) is 5.91 Å². The molecule has 0 radical (unpaired) electrons. The van der Waals surface area contributed by atoms with Crippen LogP contribution in [0.25, 0.3) is 11.1 Å². The van der Waals surface area contributed by atoms with E-state index in [2.05, 4.69) is 10.6 Å². The lowest BCUT2D eigenvalue weighted by Gasteiger charge is -2.32. The van der Waals surface area contributed by atoms with Crippen LogP contribution in [0.1, 0.15) is 68.0 Å². The highest BCUT2D eigenvalue weighted by molar-refractivity contribution is 7.99. The molecule has 1 heterocycles. The number of carboxylic acids is 1. The number of methoxy groups -OCH3 is 2. The van der Waals surface area contributed by atoms with E-state index in [1.54, 1.807) is 39.0 Å². The highest BCUT2D eigenvalue weighted by Gasteiger charge is 2.45. The summed E-state index contributed by atoms with van der Waals surface area (Å²) in [6.07, 6.45) is -0.284. The molecule has 0 saturated carbocycles. The van der Waals surface area contributed by atoms with Gasteiger partial charge >= 0.3 is 18.2 Å². The zero-order valence-corrected chi connectivity index (χ0v) is 30.3. The minimum Gasteiger partial charge on any atom is -0.497 e. The Morgan fingerprint density at radius 2 is 1.57 bits per heavy atom. The van der Waals surface area contributed by atoms with Crippen molar-refractivity contribution in [1.29, 1.82) is 0 Å². The highest BCUT2D eigenvalue weighted by atomic mass is 32.2. The first kappa shape index (κ1) is 37.3. The molecule has 0 aromatic heterocycles. The lowest BCUT2D eigenvalue weighted by molar-refractivity contribution is -0.150. The van der Waals surface area contributed by atoms with Crippen molar-refractivity contribution in [3.8, 4) is 22.6 Å². The molecule has 51 heavy (non-hydrogen) atoms. The molecule has 1 fully saturated rings. The van der Waals surface area contributed by atoms with Crippen LogP contribution < -0.4 is 20.1 Å². The molecule has 5 rings (SSSR count). The van der Waals surface area contributed by atoms with Crippen molar-refractivity contribution in [2.75, 3.05) is 33.1 Å². The second kappa shape index (κ2) is 16.4. The van der Waals surface area contributed by atoms with Crippen molar-refractivity contribution < 1.29 is 43.2 Å². The third kappa shape index (κ3) is 8.88. The number of aliphatic carboxylic acids is 1. The quantitative estimate of drug-likeness (QED) is 0.171. The number of alkyl carbamates (subject to hydrolysis) is 2. The largest absolute Gasteiger partial charge is 0.497 e. The van der Waals surface area contributed by atoms with Crippen molar-refractivity contribution in [1.82, 2.24) is 15.5 Å². The van der Waals surface area contributed by atoms with Gasteiger partial charge in [0.05, 0.1) is 14.2 Å². The molecule has 0 spiro atoms. The first-order valence-corrected chi connectivity index (χ1v) is 17.9. The van der Waals surface area contributed by atoms with E-state index < -0.39 is 47.1 Å². The van der Waals surface area contributed by atoms with Crippen LogP contribution in [0.2, 0.25) is 0 Å². The number of ether oxygens (including phenoxy) is 4. The Kier molecular flexibility index (Phi) is 12.0. The van der Waals surface area contributed by atoms with Gasteiger partial charge in [0, 0.05) is 29.8 Å².